The predicted octanol–water partition coefficient (Wildman–Crippen LogP) is 5.16. The van der Waals surface area contributed by atoms with Crippen LogP contribution in [0.3, 0.4) is 0 Å². The molecule has 3 rings (SSSR count). The molecular weight excluding hydrogens is 711 g/mol. The molecule has 3 N–H and O–H groups in total. The number of likely N-dealkylation sites (tertiary alicyclic amines) is 1. The highest BCUT2D eigenvalue weighted by Crippen LogP contribution is 2.31. The van der Waals surface area contributed by atoms with Crippen molar-refractivity contribution in [2.24, 2.45) is 17.8 Å². The maximum Gasteiger partial charge on any atom is 0.306 e. The molecule has 0 unspecified atom stereocenters. The number of carboxylic acid groups (broad SMARTS) is 1. The van der Waals surface area contributed by atoms with Gasteiger partial charge in [0.2, 0.25) is 11.8 Å². The molecule has 0 bridgehead atoms. The van der Waals surface area contributed by atoms with Gasteiger partial charge in [0.15, 0.2) is 0 Å². The van der Waals surface area contributed by atoms with Crippen molar-refractivity contribution in [3.8, 4) is 0 Å². The second-order valence-electron chi connectivity index (χ2n) is 14.9. The number of hydrogen-bond acceptors (Lipinski definition) is 10. The fraction of sp³-hybridized carbons (Fsp3) is 0.675. The molecular formula is C40H63N5O8S. The summed E-state index contributed by atoms with van der Waals surface area (Å²) >= 11 is 1.28. The van der Waals surface area contributed by atoms with E-state index in [9.17, 15) is 24.3 Å². The van der Waals surface area contributed by atoms with E-state index in [1.54, 1.807) is 19.4 Å². The summed E-state index contributed by atoms with van der Waals surface area (Å²) in [6.45, 7) is 11.2. The molecule has 302 valence electrons. The Morgan fingerprint density at radius 2 is 1.76 bits per heavy atom. The maximum atomic E-state index is 14.6. The van der Waals surface area contributed by atoms with Gasteiger partial charge in [0.05, 0.1) is 18.6 Å². The van der Waals surface area contributed by atoms with Gasteiger partial charge in [0.1, 0.15) is 29.6 Å². The Labute approximate surface area is 325 Å². The summed E-state index contributed by atoms with van der Waals surface area (Å²) in [5.74, 6) is -2.42. The van der Waals surface area contributed by atoms with E-state index in [0.717, 1.165) is 31.4 Å². The summed E-state index contributed by atoms with van der Waals surface area (Å²) in [4.78, 5) is 62.2. The molecule has 0 spiro atoms. The third-order valence-corrected chi connectivity index (χ3v) is 11.4. The Morgan fingerprint density at radius 1 is 1.04 bits per heavy atom. The Hall–Kier alpha value is -3.43. The van der Waals surface area contributed by atoms with E-state index in [1.165, 1.54) is 18.4 Å². The fourth-order valence-corrected chi connectivity index (χ4v) is 7.79. The van der Waals surface area contributed by atoms with Crippen molar-refractivity contribution in [3.05, 3.63) is 52.0 Å². The van der Waals surface area contributed by atoms with Crippen LogP contribution in [0.5, 0.6) is 0 Å². The molecule has 1 fully saturated rings. The van der Waals surface area contributed by atoms with Crippen molar-refractivity contribution in [2.45, 2.75) is 110 Å². The van der Waals surface area contributed by atoms with Crippen molar-refractivity contribution < 1.29 is 38.5 Å². The number of carboxylic acids is 1. The number of amides is 3. The Bertz CT molecular complexity index is 1460. The molecule has 2 heterocycles. The molecule has 1 aliphatic rings. The molecule has 14 heteroatoms. The van der Waals surface area contributed by atoms with Gasteiger partial charge in [-0.25, -0.2) is 4.98 Å². The number of nitrogens with one attached hydrogen (secondary N) is 2. The van der Waals surface area contributed by atoms with Gasteiger partial charge in [-0.3, -0.25) is 24.1 Å². The minimum Gasteiger partial charge on any atom is -0.481 e. The monoisotopic (exact) mass is 773 g/mol. The van der Waals surface area contributed by atoms with Crippen LogP contribution >= 0.6 is 11.3 Å². The highest BCUT2D eigenvalue weighted by Gasteiger charge is 2.38. The number of benzene rings is 1. The van der Waals surface area contributed by atoms with Crippen molar-refractivity contribution in [2.75, 3.05) is 47.8 Å². The lowest BCUT2D eigenvalue weighted by Crippen LogP contribution is -2.59. The van der Waals surface area contributed by atoms with Crippen molar-refractivity contribution in [1.82, 2.24) is 25.4 Å². The van der Waals surface area contributed by atoms with E-state index in [1.807, 2.05) is 70.0 Å². The zero-order chi connectivity index (χ0) is 39.8. The first-order valence-corrected chi connectivity index (χ1v) is 20.1. The molecule has 1 saturated heterocycles. The van der Waals surface area contributed by atoms with Crippen LogP contribution in [0.15, 0.2) is 35.7 Å². The van der Waals surface area contributed by atoms with Crippen molar-refractivity contribution >= 4 is 35.0 Å². The minimum absolute atomic E-state index is 0.0186. The van der Waals surface area contributed by atoms with Crippen LogP contribution in [0.1, 0.15) is 100 Å². The van der Waals surface area contributed by atoms with Crippen LogP contribution in [0.2, 0.25) is 0 Å². The number of methoxy groups -OCH3 is 2. The molecule has 1 aromatic heterocycles. The maximum absolute atomic E-state index is 14.6. The number of hydrogen-bond donors (Lipinski definition) is 3. The second kappa shape index (κ2) is 22.8. The number of ether oxygens (including phenoxy) is 3. The topological polar surface area (TPSA) is 160 Å². The van der Waals surface area contributed by atoms with E-state index in [4.69, 9.17) is 19.2 Å². The van der Waals surface area contributed by atoms with Crippen LogP contribution in [0, 0.1) is 17.8 Å². The number of likely N-dealkylation sites (N-methyl/N-ethyl adjacent to an activating group) is 1. The first kappa shape index (κ1) is 45.0. The summed E-state index contributed by atoms with van der Waals surface area (Å²) in [6.07, 6.45) is 3.93. The molecule has 1 aromatic carbocycles. The zero-order valence-corrected chi connectivity index (χ0v) is 34.2. The summed E-state index contributed by atoms with van der Waals surface area (Å²) < 4.78 is 17.0. The number of piperidine rings is 1. The number of carbonyl (C=O) groups is 4. The lowest BCUT2D eigenvalue weighted by molar-refractivity contribution is -0.144. The quantitative estimate of drug-likeness (QED) is 0.129. The highest BCUT2D eigenvalue weighted by molar-refractivity contribution is 7.09. The van der Waals surface area contributed by atoms with E-state index in [-0.39, 0.29) is 54.6 Å². The SMILES string of the molecule is CC[C@H](C)[C@H](NC(=O)[C@H]1CCCCN1C)C(=O)N(CCOC)[C@H](C[C@@H](OCOC)c1nc(C(=O)N[C@@H](Cc2ccccc2)C[C@H](C)C(=O)O)cs1)C(C)C. The second-order valence-corrected chi connectivity index (χ2v) is 15.8. The average Bonchev–Trinajstić information content (AvgIpc) is 3.65. The van der Waals surface area contributed by atoms with Gasteiger partial charge in [-0.15, -0.1) is 11.3 Å². The standard InChI is InChI=1S/C40H63N5O8S/c1-9-27(4)35(43-37(47)32-17-13-14-18-44(32)6)39(48)45(19-20-51-7)33(26(2)3)23-34(53-25-52-8)38-42-31(24-54-38)36(46)41-30(21-28(5)40(49)50)22-29-15-11-10-12-16-29/h10-12,15-16,24,26-28,30,32-35H,9,13-14,17-23,25H2,1-8H3,(H,41,46)(H,43,47)(H,49,50)/t27-,28-,30+,32+,33+,34+,35-/m0/s1. The average molecular weight is 774 g/mol. The molecule has 13 nitrogen and oxygen atoms in total. The Morgan fingerprint density at radius 3 is 2.37 bits per heavy atom. The molecule has 2 aromatic rings. The van der Waals surface area contributed by atoms with Gasteiger partial charge in [-0.2, -0.15) is 0 Å². The van der Waals surface area contributed by atoms with Crippen LogP contribution in [-0.2, 0) is 35.0 Å². The molecule has 7 atom stereocenters. The lowest BCUT2D eigenvalue weighted by atomic mass is 9.92. The number of aromatic nitrogens is 1. The smallest absolute Gasteiger partial charge is 0.306 e. The summed E-state index contributed by atoms with van der Waals surface area (Å²) in [7, 11) is 5.08. The van der Waals surface area contributed by atoms with Crippen molar-refractivity contribution in [3.63, 3.8) is 0 Å². The van der Waals surface area contributed by atoms with Crippen LogP contribution in [-0.4, -0.2) is 116 Å². The largest absolute Gasteiger partial charge is 0.481 e. The third-order valence-electron chi connectivity index (χ3n) is 10.4. The molecule has 0 aliphatic carbocycles. The third kappa shape index (κ3) is 13.4. The molecule has 0 radical (unpaired) electrons. The zero-order valence-electron chi connectivity index (χ0n) is 33.4. The Kier molecular flexibility index (Phi) is 19.0. The van der Waals surface area contributed by atoms with E-state index in [0.29, 0.717) is 37.4 Å². The van der Waals surface area contributed by atoms with Gasteiger partial charge < -0.3 is 34.9 Å². The van der Waals surface area contributed by atoms with Crippen LogP contribution in [0.4, 0.5) is 0 Å². The number of carbonyl (C=O) groups excluding carboxylic acids is 3. The number of aliphatic carboxylic acids is 1. The highest BCUT2D eigenvalue weighted by atomic mass is 32.1. The molecule has 1 aliphatic heterocycles. The summed E-state index contributed by atoms with van der Waals surface area (Å²) in [5, 5.41) is 18.0. The molecule has 54 heavy (non-hydrogen) atoms. The van der Waals surface area contributed by atoms with Gasteiger partial charge in [0, 0.05) is 44.6 Å². The van der Waals surface area contributed by atoms with E-state index in [2.05, 4.69) is 15.5 Å². The normalized spacial score (nSPS) is 18.3. The molecule has 3 amide bonds. The van der Waals surface area contributed by atoms with Crippen LogP contribution in [0.25, 0.3) is 0 Å². The van der Waals surface area contributed by atoms with E-state index >= 15 is 0 Å². The van der Waals surface area contributed by atoms with Crippen molar-refractivity contribution in [1.29, 1.82) is 0 Å². The lowest BCUT2D eigenvalue weighted by Gasteiger charge is -2.40. The van der Waals surface area contributed by atoms with Gasteiger partial charge in [-0.1, -0.05) is 77.8 Å². The number of rotatable bonds is 23. The first-order chi connectivity index (χ1) is 25.8. The Balaban J connectivity index is 1.88. The molecule has 0 saturated carbocycles. The van der Waals surface area contributed by atoms with Gasteiger partial charge in [-0.05, 0) is 56.7 Å². The van der Waals surface area contributed by atoms with Crippen LogP contribution < -0.4 is 10.6 Å². The number of nitrogens with zero attached hydrogens (tertiary/aromatic N) is 3. The van der Waals surface area contributed by atoms with Gasteiger partial charge >= 0.3 is 5.97 Å². The van der Waals surface area contributed by atoms with Gasteiger partial charge in [0.25, 0.3) is 5.91 Å². The number of thiazole rings is 1. The first-order valence-electron chi connectivity index (χ1n) is 19.2. The fourth-order valence-electron chi connectivity index (χ4n) is 6.93. The predicted molar refractivity (Wildman–Crippen MR) is 209 cm³/mol. The summed E-state index contributed by atoms with van der Waals surface area (Å²) in [5.41, 5.74) is 1.18. The minimum atomic E-state index is -0.927. The van der Waals surface area contributed by atoms with E-state index < -0.39 is 36.0 Å². The summed E-state index contributed by atoms with van der Waals surface area (Å²) in [6, 6.07) is 7.85.